The van der Waals surface area contributed by atoms with Crippen LogP contribution >= 0.6 is 22.9 Å². The number of hydrogen-bond acceptors (Lipinski definition) is 4. The van der Waals surface area contributed by atoms with Gasteiger partial charge < -0.3 is 14.7 Å². The second kappa shape index (κ2) is 6.54. The average molecular weight is 340 g/mol. The number of carbonyl (C=O) groups is 1. The van der Waals surface area contributed by atoms with Crippen molar-refractivity contribution in [2.45, 2.75) is 25.5 Å². The molecule has 3 rings (SSSR count). The maximum Gasteiger partial charge on any atom is 0.227 e. The molecule has 1 N–H and O–H groups in total. The predicted octanol–water partition coefficient (Wildman–Crippen LogP) is 2.71. The summed E-state index contributed by atoms with van der Waals surface area (Å²) in [5.41, 5.74) is 1.01. The highest BCUT2D eigenvalue weighted by Gasteiger charge is 2.29. The Hall–Kier alpha value is -1.14. The third-order valence-corrected chi connectivity index (χ3v) is 5.23. The number of aliphatic hydroxyl groups excluding tert-OH is 1. The molecule has 118 valence electrons. The number of ether oxygens (including phenoxy) is 1. The van der Waals surface area contributed by atoms with Crippen molar-refractivity contribution in [2.75, 3.05) is 19.8 Å². The van der Waals surface area contributed by atoms with Gasteiger partial charge in [-0.2, -0.15) is 0 Å². The van der Waals surface area contributed by atoms with Gasteiger partial charge in [0.25, 0.3) is 0 Å². The van der Waals surface area contributed by atoms with Gasteiger partial charge in [-0.05, 0) is 41.5 Å². The molecule has 1 aliphatic rings. The number of rotatable bonds is 3. The lowest BCUT2D eigenvalue weighted by Crippen LogP contribution is -2.52. The van der Waals surface area contributed by atoms with E-state index in [1.807, 2.05) is 30.5 Å². The molecule has 2 atom stereocenters. The van der Waals surface area contributed by atoms with E-state index in [0.717, 1.165) is 15.6 Å². The topological polar surface area (TPSA) is 49.8 Å². The summed E-state index contributed by atoms with van der Waals surface area (Å²) in [6.45, 7) is 2.81. The first-order valence-electron chi connectivity index (χ1n) is 7.26. The molecular weight excluding hydrogens is 322 g/mol. The highest BCUT2D eigenvalue weighted by atomic mass is 35.5. The number of halogens is 1. The van der Waals surface area contributed by atoms with Crippen LogP contribution in [-0.4, -0.2) is 47.8 Å². The molecule has 1 aromatic heterocycles. The number of morpholine rings is 1. The molecule has 1 saturated heterocycles. The molecule has 1 aliphatic heterocycles. The summed E-state index contributed by atoms with van der Waals surface area (Å²) in [7, 11) is 0. The number of nitrogens with zero attached hydrogens (tertiary/aromatic N) is 1. The fourth-order valence-electron chi connectivity index (χ4n) is 2.73. The molecule has 4 nitrogen and oxygen atoms in total. The van der Waals surface area contributed by atoms with Crippen LogP contribution in [0.15, 0.2) is 23.6 Å². The second-order valence-corrected chi connectivity index (χ2v) is 6.96. The van der Waals surface area contributed by atoms with E-state index in [9.17, 15) is 9.90 Å². The van der Waals surface area contributed by atoms with Crippen LogP contribution < -0.4 is 0 Å². The Morgan fingerprint density at radius 1 is 1.55 bits per heavy atom. The van der Waals surface area contributed by atoms with Crippen LogP contribution in [0.4, 0.5) is 0 Å². The summed E-state index contributed by atoms with van der Waals surface area (Å²) >= 11 is 7.68. The van der Waals surface area contributed by atoms with E-state index in [2.05, 4.69) is 0 Å². The minimum absolute atomic E-state index is 0.0313. The molecule has 0 bridgehead atoms. The number of amides is 1. The molecular formula is C16H18ClNO3S. The summed E-state index contributed by atoms with van der Waals surface area (Å²) in [5, 5.41) is 13.0. The zero-order valence-corrected chi connectivity index (χ0v) is 13.9. The summed E-state index contributed by atoms with van der Waals surface area (Å²) in [5.74, 6) is 0.0638. The fraction of sp³-hybridized carbons (Fsp3) is 0.438. The quantitative estimate of drug-likeness (QED) is 0.935. The van der Waals surface area contributed by atoms with E-state index < -0.39 is 0 Å². The van der Waals surface area contributed by atoms with Crippen LogP contribution in [-0.2, 0) is 16.0 Å². The van der Waals surface area contributed by atoms with Crippen molar-refractivity contribution in [1.29, 1.82) is 0 Å². The van der Waals surface area contributed by atoms with Crippen LogP contribution in [0.25, 0.3) is 10.1 Å². The van der Waals surface area contributed by atoms with Gasteiger partial charge in [-0.25, -0.2) is 0 Å². The van der Waals surface area contributed by atoms with Gasteiger partial charge >= 0.3 is 0 Å². The highest BCUT2D eigenvalue weighted by Crippen LogP contribution is 2.29. The molecule has 2 heterocycles. The predicted molar refractivity (Wildman–Crippen MR) is 88.5 cm³/mol. The first-order valence-corrected chi connectivity index (χ1v) is 8.52. The first-order chi connectivity index (χ1) is 10.6. The summed E-state index contributed by atoms with van der Waals surface area (Å²) in [4.78, 5) is 14.4. The molecule has 0 spiro atoms. The van der Waals surface area contributed by atoms with Gasteiger partial charge in [0.05, 0.1) is 31.8 Å². The molecule has 0 radical (unpaired) electrons. The molecule has 1 amide bonds. The molecule has 1 fully saturated rings. The Labute approximate surface area is 138 Å². The third kappa shape index (κ3) is 3.13. The molecule has 2 aromatic rings. The fourth-order valence-corrected chi connectivity index (χ4v) is 3.85. The lowest BCUT2D eigenvalue weighted by Gasteiger charge is -2.37. The Morgan fingerprint density at radius 2 is 2.36 bits per heavy atom. The van der Waals surface area contributed by atoms with Crippen LogP contribution in [0.5, 0.6) is 0 Å². The average Bonchev–Trinajstić information content (AvgIpc) is 2.90. The Kier molecular flexibility index (Phi) is 4.68. The van der Waals surface area contributed by atoms with Gasteiger partial charge in [0.2, 0.25) is 5.91 Å². The zero-order valence-electron chi connectivity index (χ0n) is 12.3. The van der Waals surface area contributed by atoms with Gasteiger partial charge in [-0.1, -0.05) is 11.6 Å². The number of thiophene rings is 1. The summed E-state index contributed by atoms with van der Waals surface area (Å²) < 4.78 is 6.62. The number of benzene rings is 1. The standard InChI is InChI=1S/C16H18ClNO3S/c1-10-8-21-13(7-19)6-18(10)16(20)4-11-9-22-15-3-2-12(17)5-14(11)15/h2-3,5,9-10,13,19H,4,6-8H2,1H3/t10-,13-/m1/s1. The van der Waals surface area contributed by atoms with Crippen LogP contribution in [0.3, 0.4) is 0 Å². The van der Waals surface area contributed by atoms with E-state index in [1.54, 1.807) is 16.2 Å². The third-order valence-electron chi connectivity index (χ3n) is 3.99. The van der Waals surface area contributed by atoms with Crippen molar-refractivity contribution in [2.24, 2.45) is 0 Å². The van der Waals surface area contributed by atoms with Crippen LogP contribution in [0.1, 0.15) is 12.5 Å². The van der Waals surface area contributed by atoms with Crippen molar-refractivity contribution in [3.63, 3.8) is 0 Å². The van der Waals surface area contributed by atoms with E-state index in [0.29, 0.717) is 24.6 Å². The second-order valence-electron chi connectivity index (χ2n) is 5.61. The Balaban J connectivity index is 1.79. The number of carbonyl (C=O) groups excluding carboxylic acids is 1. The lowest BCUT2D eigenvalue weighted by molar-refractivity contribution is -0.145. The normalized spacial score (nSPS) is 22.2. The van der Waals surface area contributed by atoms with Crippen molar-refractivity contribution >= 4 is 38.9 Å². The molecule has 0 saturated carbocycles. The van der Waals surface area contributed by atoms with E-state index in [4.69, 9.17) is 16.3 Å². The van der Waals surface area contributed by atoms with Gasteiger partial charge in [-0.3, -0.25) is 4.79 Å². The number of fused-ring (bicyclic) bond motifs is 1. The van der Waals surface area contributed by atoms with Gasteiger partial charge in [0.15, 0.2) is 0 Å². The van der Waals surface area contributed by atoms with Gasteiger partial charge in [0, 0.05) is 16.3 Å². The molecule has 0 unspecified atom stereocenters. The van der Waals surface area contributed by atoms with E-state index >= 15 is 0 Å². The van der Waals surface area contributed by atoms with Crippen molar-refractivity contribution in [3.05, 3.63) is 34.2 Å². The number of hydrogen-bond donors (Lipinski definition) is 1. The molecule has 0 aliphatic carbocycles. The lowest BCUT2D eigenvalue weighted by atomic mass is 10.1. The minimum atomic E-state index is -0.284. The molecule has 22 heavy (non-hydrogen) atoms. The maximum absolute atomic E-state index is 12.6. The van der Waals surface area contributed by atoms with Crippen LogP contribution in [0, 0.1) is 0 Å². The van der Waals surface area contributed by atoms with Crippen molar-refractivity contribution in [1.82, 2.24) is 4.90 Å². The first kappa shape index (κ1) is 15.7. The van der Waals surface area contributed by atoms with E-state index in [1.165, 1.54) is 0 Å². The minimum Gasteiger partial charge on any atom is -0.394 e. The molecule has 6 heteroatoms. The molecule has 1 aromatic carbocycles. The van der Waals surface area contributed by atoms with Crippen molar-refractivity contribution in [3.8, 4) is 0 Å². The zero-order chi connectivity index (χ0) is 15.7. The maximum atomic E-state index is 12.6. The largest absolute Gasteiger partial charge is 0.394 e. The van der Waals surface area contributed by atoms with Crippen LogP contribution in [0.2, 0.25) is 5.02 Å². The SMILES string of the molecule is C[C@@H]1CO[C@@H](CO)CN1C(=O)Cc1csc2ccc(Cl)cc12. The Bertz CT molecular complexity index is 687. The summed E-state index contributed by atoms with van der Waals surface area (Å²) in [6, 6.07) is 5.79. The van der Waals surface area contributed by atoms with E-state index in [-0.39, 0.29) is 24.7 Å². The smallest absolute Gasteiger partial charge is 0.227 e. The van der Waals surface area contributed by atoms with Gasteiger partial charge in [-0.15, -0.1) is 11.3 Å². The summed E-state index contributed by atoms with van der Waals surface area (Å²) in [6.07, 6.45) is 0.0665. The Morgan fingerprint density at radius 3 is 3.14 bits per heavy atom. The number of aliphatic hydroxyl groups is 1. The monoisotopic (exact) mass is 339 g/mol. The van der Waals surface area contributed by atoms with Gasteiger partial charge in [0.1, 0.15) is 0 Å². The van der Waals surface area contributed by atoms with Crippen molar-refractivity contribution < 1.29 is 14.6 Å². The highest BCUT2D eigenvalue weighted by molar-refractivity contribution is 7.17.